The molecule has 0 bridgehead atoms. The van der Waals surface area contributed by atoms with E-state index in [1.807, 2.05) is 45.9 Å². The van der Waals surface area contributed by atoms with E-state index >= 15 is 0 Å². The number of carbonyl (C=O) groups is 2. The van der Waals surface area contributed by atoms with Crippen LogP contribution in [0.3, 0.4) is 0 Å². The second-order valence-electron chi connectivity index (χ2n) is 6.69. The average molecular weight is 359 g/mol. The summed E-state index contributed by atoms with van der Waals surface area (Å²) in [6.45, 7) is 7.92. The predicted octanol–water partition coefficient (Wildman–Crippen LogP) is 4.66. The lowest BCUT2D eigenvalue weighted by Gasteiger charge is -2.43. The summed E-state index contributed by atoms with van der Waals surface area (Å²) in [7, 11) is 0. The van der Waals surface area contributed by atoms with Crippen LogP contribution in [0.25, 0.3) is 0 Å². The van der Waals surface area contributed by atoms with Crippen molar-refractivity contribution in [3.63, 3.8) is 0 Å². The molecule has 0 spiro atoms. The zero-order chi connectivity index (χ0) is 18.6. The van der Waals surface area contributed by atoms with E-state index in [2.05, 4.69) is 0 Å². The summed E-state index contributed by atoms with van der Waals surface area (Å²) in [4.78, 5) is 26.1. The van der Waals surface area contributed by atoms with E-state index in [4.69, 9.17) is 11.6 Å². The molecule has 25 heavy (non-hydrogen) atoms. The number of benzene rings is 2. The van der Waals surface area contributed by atoms with Crippen molar-refractivity contribution < 1.29 is 9.59 Å². The fraction of sp³-hybridized carbons (Fsp3) is 0.300. The fourth-order valence-electron chi connectivity index (χ4n) is 2.63. The Morgan fingerprint density at radius 1 is 0.920 bits per heavy atom. The molecule has 0 N–H and O–H groups in total. The molecule has 4 nitrogen and oxygen atoms in total. The zero-order valence-electron chi connectivity index (χ0n) is 15.0. The first-order valence-electron chi connectivity index (χ1n) is 8.22. The van der Waals surface area contributed by atoms with Crippen LogP contribution in [-0.4, -0.2) is 33.9 Å². The van der Waals surface area contributed by atoms with Crippen molar-refractivity contribution in [1.82, 2.24) is 10.0 Å². The van der Waals surface area contributed by atoms with Crippen molar-refractivity contribution in [2.24, 2.45) is 0 Å². The molecule has 0 aliphatic heterocycles. The zero-order valence-corrected chi connectivity index (χ0v) is 15.7. The van der Waals surface area contributed by atoms with Crippen LogP contribution >= 0.6 is 11.6 Å². The molecule has 2 aromatic carbocycles. The number of amides is 2. The number of carbonyl (C=O) groups excluding carboxylic acids is 2. The van der Waals surface area contributed by atoms with E-state index in [9.17, 15) is 9.59 Å². The average Bonchev–Trinajstić information content (AvgIpc) is 2.58. The molecule has 0 radical (unpaired) electrons. The standard InChI is InChI=1S/C20H23ClN2O2/c1-5-22(18(24)16-12-9-13-17(21)14-16)23(20(2,3)4)19(25)15-10-7-6-8-11-15/h6-14H,5H2,1-4H3. The maximum absolute atomic E-state index is 13.1. The Labute approximate surface area is 154 Å². The van der Waals surface area contributed by atoms with Gasteiger partial charge in [-0.3, -0.25) is 9.59 Å². The molecule has 0 heterocycles. The minimum absolute atomic E-state index is 0.217. The van der Waals surface area contributed by atoms with Gasteiger partial charge in [0.15, 0.2) is 0 Å². The van der Waals surface area contributed by atoms with E-state index < -0.39 is 5.54 Å². The SMILES string of the molecule is CCN(C(=O)c1cccc(Cl)c1)N(C(=O)c1ccccc1)C(C)(C)C. The Balaban J connectivity index is 2.44. The van der Waals surface area contributed by atoms with Gasteiger partial charge in [-0.1, -0.05) is 35.9 Å². The van der Waals surface area contributed by atoms with Crippen molar-refractivity contribution >= 4 is 23.4 Å². The van der Waals surface area contributed by atoms with Gasteiger partial charge in [0.1, 0.15) is 0 Å². The summed E-state index contributed by atoms with van der Waals surface area (Å²) in [5.41, 5.74) is 0.413. The van der Waals surface area contributed by atoms with Crippen LogP contribution in [0.4, 0.5) is 0 Å². The Kier molecular flexibility index (Phi) is 5.85. The molecular formula is C20H23ClN2O2. The van der Waals surface area contributed by atoms with Gasteiger partial charge in [0.25, 0.3) is 11.8 Å². The molecular weight excluding hydrogens is 336 g/mol. The molecule has 0 unspecified atom stereocenters. The lowest BCUT2D eigenvalue weighted by atomic mass is 10.1. The van der Waals surface area contributed by atoms with Crippen LogP contribution in [0.1, 0.15) is 48.4 Å². The number of hydrogen-bond donors (Lipinski definition) is 0. The van der Waals surface area contributed by atoms with Crippen molar-refractivity contribution in [2.45, 2.75) is 33.2 Å². The van der Waals surface area contributed by atoms with Crippen molar-refractivity contribution in [2.75, 3.05) is 6.54 Å². The first-order valence-corrected chi connectivity index (χ1v) is 8.60. The second kappa shape index (κ2) is 7.70. The molecule has 2 aromatic rings. The predicted molar refractivity (Wildman–Crippen MR) is 101 cm³/mol. The van der Waals surface area contributed by atoms with Gasteiger partial charge in [0, 0.05) is 22.7 Å². The van der Waals surface area contributed by atoms with Crippen LogP contribution in [0.15, 0.2) is 54.6 Å². The highest BCUT2D eigenvalue weighted by molar-refractivity contribution is 6.31. The van der Waals surface area contributed by atoms with Gasteiger partial charge in [0.2, 0.25) is 0 Å². The van der Waals surface area contributed by atoms with Crippen molar-refractivity contribution in [1.29, 1.82) is 0 Å². The monoisotopic (exact) mass is 358 g/mol. The van der Waals surface area contributed by atoms with Crippen LogP contribution in [0.2, 0.25) is 5.02 Å². The Bertz CT molecular complexity index is 754. The normalized spacial score (nSPS) is 11.1. The highest BCUT2D eigenvalue weighted by Gasteiger charge is 2.35. The molecule has 0 saturated carbocycles. The molecule has 2 rings (SSSR count). The highest BCUT2D eigenvalue weighted by Crippen LogP contribution is 2.23. The molecule has 5 heteroatoms. The van der Waals surface area contributed by atoms with E-state index in [0.717, 1.165) is 0 Å². The largest absolute Gasteiger partial charge is 0.272 e. The summed E-state index contributed by atoms with van der Waals surface area (Å²) < 4.78 is 0. The lowest BCUT2D eigenvalue weighted by molar-refractivity contribution is -0.0410. The first kappa shape index (κ1) is 19.0. The fourth-order valence-corrected chi connectivity index (χ4v) is 2.82. The second-order valence-corrected chi connectivity index (χ2v) is 7.12. The van der Waals surface area contributed by atoms with Gasteiger partial charge in [-0.2, -0.15) is 0 Å². The third kappa shape index (κ3) is 4.40. The van der Waals surface area contributed by atoms with E-state index in [0.29, 0.717) is 22.7 Å². The number of nitrogens with zero attached hydrogens (tertiary/aromatic N) is 2. The summed E-state index contributed by atoms with van der Waals surface area (Å²) in [5.74, 6) is -0.477. The molecule has 2 amide bonds. The summed E-state index contributed by atoms with van der Waals surface area (Å²) in [6, 6.07) is 15.7. The first-order chi connectivity index (χ1) is 11.8. The summed E-state index contributed by atoms with van der Waals surface area (Å²) in [5, 5.41) is 3.48. The molecule has 0 aliphatic rings. The van der Waals surface area contributed by atoms with Gasteiger partial charge in [-0.15, -0.1) is 0 Å². The maximum atomic E-state index is 13.1. The summed E-state index contributed by atoms with van der Waals surface area (Å²) >= 11 is 6.01. The Hall–Kier alpha value is -2.33. The molecule has 0 aromatic heterocycles. The van der Waals surface area contributed by atoms with Crippen LogP contribution < -0.4 is 0 Å². The Morgan fingerprint density at radius 2 is 1.52 bits per heavy atom. The number of rotatable bonds is 3. The van der Waals surface area contributed by atoms with Crippen LogP contribution in [0, 0.1) is 0 Å². The molecule has 132 valence electrons. The molecule has 0 fully saturated rings. The number of hydrazine groups is 1. The molecule has 0 saturated heterocycles. The minimum Gasteiger partial charge on any atom is -0.267 e. The lowest BCUT2D eigenvalue weighted by Crippen LogP contribution is -2.58. The number of halogens is 1. The molecule has 0 aliphatic carbocycles. The van der Waals surface area contributed by atoms with Crippen LogP contribution in [-0.2, 0) is 0 Å². The highest BCUT2D eigenvalue weighted by atomic mass is 35.5. The van der Waals surface area contributed by atoms with E-state index in [-0.39, 0.29) is 11.8 Å². The third-order valence-electron chi connectivity index (χ3n) is 3.70. The van der Waals surface area contributed by atoms with Crippen molar-refractivity contribution in [3.8, 4) is 0 Å². The quantitative estimate of drug-likeness (QED) is 0.749. The summed E-state index contributed by atoms with van der Waals surface area (Å²) in [6.07, 6.45) is 0. The Morgan fingerprint density at radius 3 is 2.04 bits per heavy atom. The van der Waals surface area contributed by atoms with Crippen LogP contribution in [0.5, 0.6) is 0 Å². The number of hydrogen-bond acceptors (Lipinski definition) is 2. The van der Waals surface area contributed by atoms with Gasteiger partial charge < -0.3 is 0 Å². The maximum Gasteiger partial charge on any atom is 0.272 e. The van der Waals surface area contributed by atoms with E-state index in [1.54, 1.807) is 36.4 Å². The van der Waals surface area contributed by atoms with Crippen molar-refractivity contribution in [3.05, 3.63) is 70.7 Å². The van der Waals surface area contributed by atoms with E-state index in [1.165, 1.54) is 10.0 Å². The van der Waals surface area contributed by atoms with Gasteiger partial charge in [0.05, 0.1) is 5.54 Å². The van der Waals surface area contributed by atoms with Gasteiger partial charge in [-0.05, 0) is 58.0 Å². The van der Waals surface area contributed by atoms with Gasteiger partial charge >= 0.3 is 0 Å². The molecule has 0 atom stereocenters. The minimum atomic E-state index is -0.572. The third-order valence-corrected chi connectivity index (χ3v) is 3.93. The van der Waals surface area contributed by atoms with Gasteiger partial charge in [-0.25, -0.2) is 10.0 Å². The topological polar surface area (TPSA) is 40.6 Å². The smallest absolute Gasteiger partial charge is 0.267 e.